The molecule has 19 heavy (non-hydrogen) atoms. The number of hydrogen-bond donors (Lipinski definition) is 2. The van der Waals surface area contributed by atoms with Crippen LogP contribution >= 0.6 is 0 Å². The van der Waals surface area contributed by atoms with Gasteiger partial charge in [-0.15, -0.1) is 0 Å². The van der Waals surface area contributed by atoms with Crippen LogP contribution in [0.4, 0.5) is 0 Å². The summed E-state index contributed by atoms with van der Waals surface area (Å²) in [6.07, 6.45) is 3.14. The standard InChI is InChI=1S/C15H30N2O2/c1-10(2)8-14(9-18)16-15(19)13(5)17-11(3)6-7-12(17)4/h10-14,18H,6-9H2,1-5H3,(H,16,19)/t11-,12-,13+,14-/m1/s1. The lowest BCUT2D eigenvalue weighted by Crippen LogP contribution is -2.52. The first-order valence-electron chi connectivity index (χ1n) is 7.55. The van der Waals surface area contributed by atoms with E-state index in [0.717, 1.165) is 19.3 Å². The van der Waals surface area contributed by atoms with E-state index in [0.29, 0.717) is 18.0 Å². The quantitative estimate of drug-likeness (QED) is 0.773. The Morgan fingerprint density at radius 1 is 1.26 bits per heavy atom. The van der Waals surface area contributed by atoms with Crippen LogP contribution in [0, 0.1) is 5.92 Å². The predicted molar refractivity (Wildman–Crippen MR) is 77.9 cm³/mol. The van der Waals surface area contributed by atoms with Gasteiger partial charge in [-0.25, -0.2) is 0 Å². The van der Waals surface area contributed by atoms with Crippen molar-refractivity contribution in [2.24, 2.45) is 5.92 Å². The number of amides is 1. The highest BCUT2D eigenvalue weighted by Crippen LogP contribution is 2.25. The molecular weight excluding hydrogens is 240 g/mol. The number of aliphatic hydroxyl groups excluding tert-OH is 1. The van der Waals surface area contributed by atoms with Crippen LogP contribution in [0.3, 0.4) is 0 Å². The zero-order valence-corrected chi connectivity index (χ0v) is 13.0. The SMILES string of the molecule is CC(C)C[C@H](CO)NC(=O)[C@H](C)N1[C@H](C)CC[C@H]1C. The Bertz CT molecular complexity index is 284. The van der Waals surface area contributed by atoms with E-state index in [1.54, 1.807) is 0 Å². The summed E-state index contributed by atoms with van der Waals surface area (Å²) in [5, 5.41) is 12.3. The zero-order chi connectivity index (χ0) is 14.6. The van der Waals surface area contributed by atoms with Crippen LogP contribution in [-0.2, 0) is 4.79 Å². The van der Waals surface area contributed by atoms with E-state index < -0.39 is 0 Å². The minimum Gasteiger partial charge on any atom is -0.394 e. The van der Waals surface area contributed by atoms with Gasteiger partial charge in [0.25, 0.3) is 0 Å². The molecule has 0 aromatic carbocycles. The fourth-order valence-corrected chi connectivity index (χ4v) is 3.18. The molecule has 0 aromatic heterocycles. The zero-order valence-electron chi connectivity index (χ0n) is 13.0. The first-order chi connectivity index (χ1) is 8.86. The lowest BCUT2D eigenvalue weighted by molar-refractivity contribution is -0.128. The average Bonchev–Trinajstić information content (AvgIpc) is 2.66. The van der Waals surface area contributed by atoms with E-state index in [4.69, 9.17) is 0 Å². The third-order valence-corrected chi connectivity index (χ3v) is 4.17. The van der Waals surface area contributed by atoms with Crippen molar-refractivity contribution in [3.63, 3.8) is 0 Å². The van der Waals surface area contributed by atoms with Crippen LogP contribution in [0.2, 0.25) is 0 Å². The molecule has 4 nitrogen and oxygen atoms in total. The summed E-state index contributed by atoms with van der Waals surface area (Å²) in [5.41, 5.74) is 0. The van der Waals surface area contributed by atoms with Crippen LogP contribution in [-0.4, -0.2) is 46.7 Å². The monoisotopic (exact) mass is 270 g/mol. The van der Waals surface area contributed by atoms with Crippen molar-refractivity contribution in [2.75, 3.05) is 6.61 Å². The summed E-state index contributed by atoms with van der Waals surface area (Å²) in [6, 6.07) is 0.693. The molecule has 0 bridgehead atoms. The number of nitrogens with one attached hydrogen (secondary N) is 1. The molecule has 1 heterocycles. The van der Waals surface area contributed by atoms with Gasteiger partial charge in [0.1, 0.15) is 0 Å². The van der Waals surface area contributed by atoms with Crippen molar-refractivity contribution in [3.05, 3.63) is 0 Å². The minimum absolute atomic E-state index is 0.0156. The number of rotatable bonds is 6. The Labute approximate surface area is 117 Å². The number of carbonyl (C=O) groups is 1. The summed E-state index contributed by atoms with van der Waals surface area (Å²) < 4.78 is 0. The highest BCUT2D eigenvalue weighted by molar-refractivity contribution is 5.81. The summed E-state index contributed by atoms with van der Waals surface area (Å²) in [7, 11) is 0. The number of hydrogen-bond acceptors (Lipinski definition) is 3. The Morgan fingerprint density at radius 3 is 2.21 bits per heavy atom. The average molecular weight is 270 g/mol. The normalized spacial score (nSPS) is 27.5. The van der Waals surface area contributed by atoms with E-state index in [9.17, 15) is 9.90 Å². The van der Waals surface area contributed by atoms with Gasteiger partial charge >= 0.3 is 0 Å². The van der Waals surface area contributed by atoms with E-state index in [-0.39, 0.29) is 24.6 Å². The highest BCUT2D eigenvalue weighted by atomic mass is 16.3. The third kappa shape index (κ3) is 4.46. The molecule has 1 amide bonds. The van der Waals surface area contributed by atoms with Gasteiger partial charge in [-0.05, 0) is 46.0 Å². The molecule has 0 aliphatic carbocycles. The second-order valence-corrected chi connectivity index (χ2v) is 6.42. The van der Waals surface area contributed by atoms with Crippen molar-refractivity contribution in [1.29, 1.82) is 0 Å². The van der Waals surface area contributed by atoms with Crippen LogP contribution < -0.4 is 5.32 Å². The van der Waals surface area contributed by atoms with Gasteiger partial charge in [-0.3, -0.25) is 9.69 Å². The van der Waals surface area contributed by atoms with Gasteiger partial charge in [-0.2, -0.15) is 0 Å². The number of nitrogens with zero attached hydrogens (tertiary/aromatic N) is 1. The maximum atomic E-state index is 12.3. The molecule has 1 rings (SSSR count). The molecule has 1 fully saturated rings. The maximum absolute atomic E-state index is 12.3. The summed E-state index contributed by atoms with van der Waals surface area (Å²) in [5.74, 6) is 0.512. The van der Waals surface area contributed by atoms with Gasteiger partial charge in [0.2, 0.25) is 5.91 Å². The van der Waals surface area contributed by atoms with Crippen LogP contribution in [0.15, 0.2) is 0 Å². The second-order valence-electron chi connectivity index (χ2n) is 6.42. The first kappa shape index (κ1) is 16.4. The highest BCUT2D eigenvalue weighted by Gasteiger charge is 2.34. The van der Waals surface area contributed by atoms with Crippen molar-refractivity contribution >= 4 is 5.91 Å². The Hall–Kier alpha value is -0.610. The van der Waals surface area contributed by atoms with Crippen molar-refractivity contribution in [2.45, 2.75) is 78.0 Å². The molecule has 0 spiro atoms. The van der Waals surface area contributed by atoms with Crippen molar-refractivity contribution in [1.82, 2.24) is 10.2 Å². The molecule has 0 radical (unpaired) electrons. The van der Waals surface area contributed by atoms with Crippen LogP contribution in [0.25, 0.3) is 0 Å². The molecule has 1 saturated heterocycles. The topological polar surface area (TPSA) is 52.6 Å². The Kier molecular flexibility index (Phi) is 6.27. The third-order valence-electron chi connectivity index (χ3n) is 4.17. The number of carbonyl (C=O) groups excluding carboxylic acids is 1. The Balaban J connectivity index is 2.56. The first-order valence-corrected chi connectivity index (χ1v) is 7.55. The largest absolute Gasteiger partial charge is 0.394 e. The molecule has 0 saturated carbocycles. The number of likely N-dealkylation sites (tertiary alicyclic amines) is 1. The smallest absolute Gasteiger partial charge is 0.237 e. The Morgan fingerprint density at radius 2 is 1.79 bits per heavy atom. The summed E-state index contributed by atoms with van der Waals surface area (Å²) in [6.45, 7) is 10.6. The summed E-state index contributed by atoms with van der Waals surface area (Å²) in [4.78, 5) is 14.6. The van der Waals surface area contributed by atoms with Crippen molar-refractivity contribution < 1.29 is 9.90 Å². The lowest BCUT2D eigenvalue weighted by Gasteiger charge is -2.32. The van der Waals surface area contributed by atoms with Gasteiger partial charge in [0, 0.05) is 12.1 Å². The molecule has 4 heteroatoms. The summed E-state index contributed by atoms with van der Waals surface area (Å²) >= 11 is 0. The predicted octanol–water partition coefficient (Wildman–Crippen LogP) is 1.77. The van der Waals surface area contributed by atoms with E-state index in [2.05, 4.69) is 37.9 Å². The molecule has 0 aromatic rings. The number of aliphatic hydroxyl groups is 1. The molecule has 0 unspecified atom stereocenters. The van der Waals surface area contributed by atoms with Crippen LogP contribution in [0.1, 0.15) is 53.9 Å². The molecular formula is C15H30N2O2. The van der Waals surface area contributed by atoms with Gasteiger partial charge < -0.3 is 10.4 Å². The molecule has 1 aliphatic heterocycles. The molecule has 2 N–H and O–H groups in total. The van der Waals surface area contributed by atoms with Crippen LogP contribution in [0.5, 0.6) is 0 Å². The van der Waals surface area contributed by atoms with Gasteiger partial charge in [0.05, 0.1) is 18.7 Å². The lowest BCUT2D eigenvalue weighted by atomic mass is 10.0. The van der Waals surface area contributed by atoms with Gasteiger partial charge in [0.15, 0.2) is 0 Å². The molecule has 4 atom stereocenters. The fraction of sp³-hybridized carbons (Fsp3) is 0.933. The molecule has 112 valence electrons. The molecule has 1 aliphatic rings. The fourth-order valence-electron chi connectivity index (χ4n) is 3.18. The van der Waals surface area contributed by atoms with Gasteiger partial charge in [-0.1, -0.05) is 13.8 Å². The second kappa shape index (κ2) is 7.25. The van der Waals surface area contributed by atoms with Crippen molar-refractivity contribution in [3.8, 4) is 0 Å². The van der Waals surface area contributed by atoms with E-state index in [1.165, 1.54) is 0 Å². The van der Waals surface area contributed by atoms with E-state index >= 15 is 0 Å². The maximum Gasteiger partial charge on any atom is 0.237 e. The minimum atomic E-state index is -0.122. The van der Waals surface area contributed by atoms with E-state index in [1.807, 2.05) is 6.92 Å².